The highest BCUT2D eigenvalue weighted by Gasteiger charge is 2.28. The summed E-state index contributed by atoms with van der Waals surface area (Å²) in [7, 11) is -3.71. The van der Waals surface area contributed by atoms with E-state index in [1.165, 1.54) is 6.33 Å². The molecular weight excluding hydrogens is 326 g/mol. The zero-order chi connectivity index (χ0) is 16.7. The van der Waals surface area contributed by atoms with Gasteiger partial charge in [-0.25, -0.2) is 22.8 Å². The molecule has 0 amide bonds. The van der Waals surface area contributed by atoms with Gasteiger partial charge in [0.2, 0.25) is 10.0 Å². The maximum Gasteiger partial charge on any atom is 0.243 e. The number of pyridine rings is 1. The molecule has 0 spiro atoms. The van der Waals surface area contributed by atoms with Crippen LogP contribution in [-0.2, 0) is 16.6 Å². The number of aromatic nitrogens is 4. The van der Waals surface area contributed by atoms with Gasteiger partial charge in [-0.15, -0.1) is 0 Å². The van der Waals surface area contributed by atoms with Crippen molar-refractivity contribution < 1.29 is 8.42 Å². The van der Waals surface area contributed by atoms with Crippen molar-refractivity contribution in [1.29, 1.82) is 0 Å². The Balaban J connectivity index is 1.75. The van der Waals surface area contributed by atoms with Gasteiger partial charge >= 0.3 is 0 Å². The van der Waals surface area contributed by atoms with Crippen molar-refractivity contribution >= 4 is 20.9 Å². The molecule has 7 nitrogen and oxygen atoms in total. The Hall–Kier alpha value is -2.32. The van der Waals surface area contributed by atoms with Crippen LogP contribution in [0.15, 0.2) is 41.7 Å². The van der Waals surface area contributed by atoms with Crippen LogP contribution in [0.4, 0.5) is 0 Å². The van der Waals surface area contributed by atoms with Crippen LogP contribution in [0.5, 0.6) is 0 Å². The highest BCUT2D eigenvalue weighted by atomic mass is 32.2. The van der Waals surface area contributed by atoms with Crippen molar-refractivity contribution in [3.63, 3.8) is 0 Å². The number of nitrogens with zero attached hydrogens (tertiary/aromatic N) is 4. The number of aryl methyl sites for hydroxylation is 2. The van der Waals surface area contributed by atoms with Gasteiger partial charge in [0.15, 0.2) is 0 Å². The van der Waals surface area contributed by atoms with E-state index in [9.17, 15) is 8.42 Å². The molecule has 3 aromatic rings. The van der Waals surface area contributed by atoms with Crippen molar-refractivity contribution in [2.24, 2.45) is 0 Å². The third kappa shape index (κ3) is 2.57. The molecule has 1 aliphatic heterocycles. The summed E-state index contributed by atoms with van der Waals surface area (Å²) >= 11 is 0. The van der Waals surface area contributed by atoms with Gasteiger partial charge in [0.05, 0.1) is 11.6 Å². The van der Waals surface area contributed by atoms with E-state index in [1.807, 2.05) is 19.1 Å². The molecule has 3 heterocycles. The molecule has 1 N–H and O–H groups in total. The molecule has 0 bridgehead atoms. The van der Waals surface area contributed by atoms with E-state index in [1.54, 1.807) is 23.0 Å². The Morgan fingerprint density at radius 1 is 1.29 bits per heavy atom. The van der Waals surface area contributed by atoms with Gasteiger partial charge in [0.1, 0.15) is 17.0 Å². The van der Waals surface area contributed by atoms with Gasteiger partial charge in [-0.3, -0.25) is 4.98 Å². The van der Waals surface area contributed by atoms with Gasteiger partial charge in [0, 0.05) is 18.1 Å². The predicted molar refractivity (Wildman–Crippen MR) is 88.8 cm³/mol. The fraction of sp³-hybridized carbons (Fsp3) is 0.312. The lowest BCUT2D eigenvalue weighted by Gasteiger charge is -2.23. The van der Waals surface area contributed by atoms with Crippen molar-refractivity contribution in [2.75, 3.05) is 0 Å². The van der Waals surface area contributed by atoms with Gasteiger partial charge < -0.3 is 0 Å². The lowest BCUT2D eigenvalue weighted by Crippen LogP contribution is -2.33. The Kier molecular flexibility index (Phi) is 3.58. The van der Waals surface area contributed by atoms with Crippen molar-refractivity contribution in [3.05, 3.63) is 48.2 Å². The first-order chi connectivity index (χ1) is 11.5. The largest absolute Gasteiger partial charge is 0.255 e. The number of para-hydroxylation sites is 1. The Morgan fingerprint density at radius 2 is 2.17 bits per heavy atom. The molecule has 8 heteroatoms. The third-order valence-corrected chi connectivity index (χ3v) is 5.72. The molecule has 0 radical (unpaired) electrons. The molecule has 1 unspecified atom stereocenters. The maximum absolute atomic E-state index is 12.9. The summed E-state index contributed by atoms with van der Waals surface area (Å²) in [6.45, 7) is 2.70. The highest BCUT2D eigenvalue weighted by Crippen LogP contribution is 2.27. The lowest BCUT2D eigenvalue weighted by atomic mass is 10.1. The quantitative estimate of drug-likeness (QED) is 0.785. The SMILES string of the molecule is Cc1cnc2c(S(=O)(=O)NC3CCCn4ncnc43)cccc2c1. The lowest BCUT2D eigenvalue weighted by molar-refractivity contribution is 0.400. The Bertz CT molecular complexity index is 1010. The van der Waals surface area contributed by atoms with Crippen LogP contribution in [-0.4, -0.2) is 28.2 Å². The van der Waals surface area contributed by atoms with E-state index < -0.39 is 10.0 Å². The van der Waals surface area contributed by atoms with Crippen LogP contribution in [0.25, 0.3) is 10.9 Å². The average Bonchev–Trinajstić information content (AvgIpc) is 3.03. The molecular formula is C16H17N5O2S. The van der Waals surface area contributed by atoms with Crippen molar-refractivity contribution in [1.82, 2.24) is 24.5 Å². The fourth-order valence-electron chi connectivity index (χ4n) is 3.11. The molecule has 0 aliphatic carbocycles. The smallest absolute Gasteiger partial charge is 0.243 e. The second kappa shape index (κ2) is 5.64. The van der Waals surface area contributed by atoms with Gasteiger partial charge in [-0.2, -0.15) is 5.10 Å². The maximum atomic E-state index is 12.9. The van der Waals surface area contributed by atoms with Gasteiger partial charge in [-0.05, 0) is 37.5 Å². The molecule has 0 saturated carbocycles. The van der Waals surface area contributed by atoms with E-state index in [4.69, 9.17) is 0 Å². The van der Waals surface area contributed by atoms with Crippen LogP contribution in [0, 0.1) is 6.92 Å². The number of fused-ring (bicyclic) bond motifs is 2. The van der Waals surface area contributed by atoms with Crippen molar-refractivity contribution in [2.45, 2.75) is 37.2 Å². The Labute approximate surface area is 139 Å². The summed E-state index contributed by atoms with van der Waals surface area (Å²) < 4.78 is 30.4. The molecule has 1 aliphatic rings. The fourth-order valence-corrected chi connectivity index (χ4v) is 4.52. The molecule has 0 fully saturated rings. The minimum absolute atomic E-state index is 0.191. The monoisotopic (exact) mass is 343 g/mol. The van der Waals surface area contributed by atoms with Crippen LogP contribution in [0.3, 0.4) is 0 Å². The minimum atomic E-state index is -3.71. The van der Waals surface area contributed by atoms with E-state index in [0.29, 0.717) is 17.8 Å². The second-order valence-electron chi connectivity index (χ2n) is 6.00. The Morgan fingerprint density at radius 3 is 3.04 bits per heavy atom. The van der Waals surface area contributed by atoms with E-state index in [2.05, 4.69) is 19.8 Å². The van der Waals surface area contributed by atoms with E-state index in [-0.39, 0.29) is 10.9 Å². The second-order valence-corrected chi connectivity index (χ2v) is 7.68. The molecule has 4 rings (SSSR count). The predicted octanol–water partition coefficient (Wildman–Crippen LogP) is 1.95. The summed E-state index contributed by atoms with van der Waals surface area (Å²) in [6, 6.07) is 6.75. The first-order valence-electron chi connectivity index (χ1n) is 7.80. The number of sulfonamides is 1. The molecule has 1 atom stereocenters. The normalized spacial score (nSPS) is 17.8. The van der Waals surface area contributed by atoms with Gasteiger partial charge in [-0.1, -0.05) is 12.1 Å². The standard InChI is InChI=1S/C16H17N5O2S/c1-11-8-12-4-2-6-14(15(12)17-9-11)24(22,23)20-13-5-3-7-21-16(13)18-10-19-21/h2,4,6,8-10,13,20H,3,5,7H2,1H3. The van der Waals surface area contributed by atoms with Crippen LogP contribution >= 0.6 is 0 Å². The average molecular weight is 343 g/mol. The van der Waals surface area contributed by atoms with E-state index >= 15 is 0 Å². The molecule has 0 saturated heterocycles. The zero-order valence-corrected chi connectivity index (χ0v) is 14.0. The number of hydrogen-bond acceptors (Lipinski definition) is 5. The molecule has 24 heavy (non-hydrogen) atoms. The first-order valence-corrected chi connectivity index (χ1v) is 9.28. The number of nitrogens with one attached hydrogen (secondary N) is 1. The summed E-state index contributed by atoms with van der Waals surface area (Å²) in [5.74, 6) is 0.661. The summed E-state index contributed by atoms with van der Waals surface area (Å²) in [5, 5.41) is 4.94. The summed E-state index contributed by atoms with van der Waals surface area (Å²) in [6.07, 6.45) is 4.70. The van der Waals surface area contributed by atoms with Crippen LogP contribution < -0.4 is 4.72 Å². The number of hydrogen-bond donors (Lipinski definition) is 1. The minimum Gasteiger partial charge on any atom is -0.255 e. The van der Waals surface area contributed by atoms with Crippen LogP contribution in [0.1, 0.15) is 30.3 Å². The molecule has 2 aromatic heterocycles. The first kappa shape index (κ1) is 15.2. The molecule has 1 aromatic carbocycles. The van der Waals surface area contributed by atoms with Gasteiger partial charge in [0.25, 0.3) is 0 Å². The summed E-state index contributed by atoms with van der Waals surface area (Å²) in [5.41, 5.74) is 1.47. The number of rotatable bonds is 3. The highest BCUT2D eigenvalue weighted by molar-refractivity contribution is 7.89. The molecule has 124 valence electrons. The summed E-state index contributed by atoms with van der Waals surface area (Å²) in [4.78, 5) is 8.71. The van der Waals surface area contributed by atoms with Crippen LogP contribution in [0.2, 0.25) is 0 Å². The number of benzene rings is 1. The van der Waals surface area contributed by atoms with E-state index in [0.717, 1.165) is 23.9 Å². The third-order valence-electron chi connectivity index (χ3n) is 4.22. The topological polar surface area (TPSA) is 89.8 Å². The van der Waals surface area contributed by atoms with Crippen molar-refractivity contribution in [3.8, 4) is 0 Å². The zero-order valence-electron chi connectivity index (χ0n) is 13.2.